The lowest BCUT2D eigenvalue weighted by Gasteiger charge is -2.39. The molecule has 8 atom stereocenters. The Morgan fingerprint density at radius 2 is 1.21 bits per heavy atom. The minimum Gasteiger partial charge on any atom is -0.390 e. The van der Waals surface area contributed by atoms with Crippen LogP contribution in [0.3, 0.4) is 0 Å². The van der Waals surface area contributed by atoms with Crippen molar-refractivity contribution in [3.05, 3.63) is 0 Å². The Bertz CT molecular complexity index is 251. The van der Waals surface area contributed by atoms with Crippen LogP contribution >= 0.6 is 0 Å². The maximum absolute atomic E-state index is 9.91. The second-order valence-electron chi connectivity index (χ2n) is 6.03. The molecule has 2 N–H and O–H groups in total. The molecule has 4 rings (SSSR count). The lowest BCUT2D eigenvalue weighted by Crippen LogP contribution is -2.44. The molecule has 4 saturated carbocycles. The van der Waals surface area contributed by atoms with Gasteiger partial charge in [-0.1, -0.05) is 0 Å². The number of hydrogen-bond acceptors (Lipinski definition) is 2. The van der Waals surface area contributed by atoms with Crippen LogP contribution in [-0.2, 0) is 0 Å². The van der Waals surface area contributed by atoms with Crippen molar-refractivity contribution < 1.29 is 10.2 Å². The van der Waals surface area contributed by atoms with Crippen molar-refractivity contribution in [2.45, 2.75) is 37.9 Å². The summed E-state index contributed by atoms with van der Waals surface area (Å²) in [6.45, 7) is 0. The summed E-state index contributed by atoms with van der Waals surface area (Å²) in [6.07, 6.45) is 4.54. The van der Waals surface area contributed by atoms with E-state index < -0.39 is 0 Å². The highest BCUT2D eigenvalue weighted by atomic mass is 16.3. The number of fused-ring (bicyclic) bond motifs is 9. The van der Waals surface area contributed by atoms with Gasteiger partial charge in [-0.3, -0.25) is 0 Å². The first-order valence-electron chi connectivity index (χ1n) is 6.13. The van der Waals surface area contributed by atoms with Crippen LogP contribution < -0.4 is 0 Å². The van der Waals surface area contributed by atoms with Gasteiger partial charge in [0.2, 0.25) is 0 Å². The highest BCUT2D eigenvalue weighted by molar-refractivity contribution is 5.14. The van der Waals surface area contributed by atoms with E-state index in [1.54, 1.807) is 0 Å². The summed E-state index contributed by atoms with van der Waals surface area (Å²) in [5.74, 6) is 4.30. The minimum atomic E-state index is -0.388. The third-order valence-electron chi connectivity index (χ3n) is 5.81. The van der Waals surface area contributed by atoms with E-state index in [9.17, 15) is 10.2 Å². The van der Waals surface area contributed by atoms with Crippen LogP contribution in [0.5, 0.6) is 0 Å². The predicted octanol–water partition coefficient (Wildman–Crippen LogP) is 1.02. The fraction of sp³-hybridized carbons (Fsp3) is 1.00. The largest absolute Gasteiger partial charge is 0.390 e. The molecular formula is C12H18O2. The smallest absolute Gasteiger partial charge is 0.0833 e. The van der Waals surface area contributed by atoms with Gasteiger partial charge in [-0.25, -0.2) is 0 Å². The van der Waals surface area contributed by atoms with Crippen LogP contribution in [0.4, 0.5) is 0 Å². The molecule has 14 heavy (non-hydrogen) atoms. The van der Waals surface area contributed by atoms with E-state index in [-0.39, 0.29) is 12.2 Å². The molecule has 0 aliphatic heterocycles. The van der Waals surface area contributed by atoms with E-state index in [0.717, 1.165) is 30.1 Å². The third kappa shape index (κ3) is 0.704. The molecule has 2 heteroatoms. The second kappa shape index (κ2) is 2.35. The molecule has 2 nitrogen and oxygen atoms in total. The van der Waals surface area contributed by atoms with Crippen LogP contribution in [-0.4, -0.2) is 22.4 Å². The van der Waals surface area contributed by atoms with Crippen molar-refractivity contribution >= 4 is 0 Å². The maximum Gasteiger partial charge on any atom is 0.0833 e. The summed E-state index contributed by atoms with van der Waals surface area (Å²) in [5, 5.41) is 19.8. The zero-order chi connectivity index (χ0) is 9.45. The van der Waals surface area contributed by atoms with Gasteiger partial charge in [0.15, 0.2) is 0 Å². The topological polar surface area (TPSA) is 40.5 Å². The van der Waals surface area contributed by atoms with Crippen molar-refractivity contribution in [3.8, 4) is 0 Å². The monoisotopic (exact) mass is 194 g/mol. The Kier molecular flexibility index (Phi) is 1.37. The zero-order valence-corrected chi connectivity index (χ0v) is 8.34. The normalized spacial score (nSPS) is 69.0. The molecular weight excluding hydrogens is 176 g/mol. The van der Waals surface area contributed by atoms with Crippen molar-refractivity contribution in [2.75, 3.05) is 0 Å². The van der Waals surface area contributed by atoms with Crippen molar-refractivity contribution in [1.29, 1.82) is 0 Å². The number of aliphatic hydroxyl groups is 2. The first kappa shape index (κ1) is 8.12. The second-order valence-corrected chi connectivity index (χ2v) is 6.03. The Balaban J connectivity index is 1.74. The Labute approximate surface area is 84.3 Å². The standard InChI is InChI=1S/C12H18O2/c13-11-7-4-8(12(11)14)10-6-2-1-5(3-6)9(7)10/h5-14H,1-4H2/t5-,6+,7?,8?,9?,10?,11?,12?. The summed E-state index contributed by atoms with van der Waals surface area (Å²) in [6, 6.07) is 0. The first-order valence-corrected chi connectivity index (χ1v) is 6.13. The highest BCUT2D eigenvalue weighted by Gasteiger charge is 2.65. The van der Waals surface area contributed by atoms with E-state index in [1.165, 1.54) is 19.3 Å². The molecule has 4 bridgehead atoms. The Hall–Kier alpha value is -0.0800. The maximum atomic E-state index is 9.91. The third-order valence-corrected chi connectivity index (χ3v) is 5.81. The van der Waals surface area contributed by atoms with E-state index in [2.05, 4.69) is 0 Å². The highest BCUT2D eigenvalue weighted by Crippen LogP contribution is 2.67. The molecule has 0 aromatic carbocycles. The molecule has 4 fully saturated rings. The summed E-state index contributed by atoms with van der Waals surface area (Å²) in [7, 11) is 0. The average molecular weight is 194 g/mol. The van der Waals surface area contributed by atoms with Gasteiger partial charge in [0, 0.05) is 0 Å². The Morgan fingerprint density at radius 1 is 0.714 bits per heavy atom. The van der Waals surface area contributed by atoms with Gasteiger partial charge in [0.25, 0.3) is 0 Å². The van der Waals surface area contributed by atoms with Gasteiger partial charge in [-0.15, -0.1) is 0 Å². The molecule has 0 aromatic rings. The van der Waals surface area contributed by atoms with Crippen LogP contribution in [0.25, 0.3) is 0 Å². The molecule has 78 valence electrons. The lowest BCUT2D eigenvalue weighted by molar-refractivity contribution is -0.0685. The molecule has 6 unspecified atom stereocenters. The summed E-state index contributed by atoms with van der Waals surface area (Å²) in [4.78, 5) is 0. The first-order chi connectivity index (χ1) is 6.77. The van der Waals surface area contributed by atoms with E-state index in [0.29, 0.717) is 11.8 Å². The zero-order valence-electron chi connectivity index (χ0n) is 8.34. The molecule has 0 heterocycles. The minimum absolute atomic E-state index is 0.388. The lowest BCUT2D eigenvalue weighted by atomic mass is 9.69. The SMILES string of the molecule is OC1C(O)C2CC1C1C2[C@H]2CC[C@@H]1C2. The summed E-state index contributed by atoms with van der Waals surface area (Å²) >= 11 is 0. The fourth-order valence-electron chi connectivity index (χ4n) is 5.52. The van der Waals surface area contributed by atoms with E-state index in [1.807, 2.05) is 0 Å². The fourth-order valence-corrected chi connectivity index (χ4v) is 5.52. The molecule has 0 saturated heterocycles. The van der Waals surface area contributed by atoms with Crippen LogP contribution in [0.15, 0.2) is 0 Å². The van der Waals surface area contributed by atoms with Gasteiger partial charge < -0.3 is 10.2 Å². The molecule has 4 aliphatic carbocycles. The van der Waals surface area contributed by atoms with Crippen molar-refractivity contribution in [2.24, 2.45) is 35.5 Å². The molecule has 4 aliphatic rings. The molecule has 0 radical (unpaired) electrons. The van der Waals surface area contributed by atoms with Crippen molar-refractivity contribution in [1.82, 2.24) is 0 Å². The van der Waals surface area contributed by atoms with Crippen LogP contribution in [0.1, 0.15) is 25.7 Å². The molecule has 0 amide bonds. The summed E-state index contributed by atoms with van der Waals surface area (Å²) < 4.78 is 0. The molecule has 0 aromatic heterocycles. The Morgan fingerprint density at radius 3 is 1.71 bits per heavy atom. The van der Waals surface area contributed by atoms with Gasteiger partial charge >= 0.3 is 0 Å². The predicted molar refractivity (Wildman–Crippen MR) is 51.4 cm³/mol. The summed E-state index contributed by atoms with van der Waals surface area (Å²) in [5.41, 5.74) is 0. The van der Waals surface area contributed by atoms with Crippen LogP contribution in [0, 0.1) is 35.5 Å². The van der Waals surface area contributed by atoms with E-state index >= 15 is 0 Å². The van der Waals surface area contributed by atoms with Crippen LogP contribution in [0.2, 0.25) is 0 Å². The number of rotatable bonds is 0. The van der Waals surface area contributed by atoms with Crippen molar-refractivity contribution in [3.63, 3.8) is 0 Å². The van der Waals surface area contributed by atoms with Gasteiger partial charge in [0.05, 0.1) is 12.2 Å². The van der Waals surface area contributed by atoms with Gasteiger partial charge in [-0.05, 0) is 61.2 Å². The van der Waals surface area contributed by atoms with Gasteiger partial charge in [0.1, 0.15) is 0 Å². The van der Waals surface area contributed by atoms with E-state index in [4.69, 9.17) is 0 Å². The quantitative estimate of drug-likeness (QED) is 0.565. The number of hydrogen-bond donors (Lipinski definition) is 2. The number of aliphatic hydroxyl groups excluding tert-OH is 2. The average Bonchev–Trinajstić information content (AvgIpc) is 2.87. The van der Waals surface area contributed by atoms with Gasteiger partial charge in [-0.2, -0.15) is 0 Å². The molecule has 0 spiro atoms.